The van der Waals surface area contributed by atoms with E-state index in [2.05, 4.69) is 25.6 Å². The van der Waals surface area contributed by atoms with E-state index in [1.165, 1.54) is 19.3 Å². The zero-order valence-electron chi connectivity index (χ0n) is 15.3. The van der Waals surface area contributed by atoms with Crippen LogP contribution in [0.1, 0.15) is 34.5 Å². The molecule has 2 amide bonds. The van der Waals surface area contributed by atoms with E-state index in [-0.39, 0.29) is 23.9 Å². The van der Waals surface area contributed by atoms with E-state index in [1.807, 2.05) is 30.3 Å². The fourth-order valence-electron chi connectivity index (χ4n) is 3.48. The Morgan fingerprint density at radius 2 is 1.79 bits per heavy atom. The molecule has 7 nitrogen and oxygen atoms in total. The third-order valence-electron chi connectivity index (χ3n) is 4.74. The molecule has 1 aliphatic rings. The molecule has 3 aromatic rings. The van der Waals surface area contributed by atoms with Gasteiger partial charge in [-0.3, -0.25) is 14.6 Å². The minimum Gasteiger partial charge on any atom is -0.351 e. The molecule has 0 unspecified atom stereocenters. The molecule has 0 fully saturated rings. The van der Waals surface area contributed by atoms with Crippen molar-refractivity contribution in [3.8, 4) is 11.4 Å². The summed E-state index contributed by atoms with van der Waals surface area (Å²) >= 11 is 0. The maximum atomic E-state index is 12.8. The van der Waals surface area contributed by atoms with Crippen LogP contribution in [0.4, 0.5) is 0 Å². The maximum absolute atomic E-state index is 12.8. The second-order valence-corrected chi connectivity index (χ2v) is 6.70. The fourth-order valence-corrected chi connectivity index (χ4v) is 3.48. The number of carbonyl (C=O) groups is 2. The predicted octanol–water partition coefficient (Wildman–Crippen LogP) is 2.07. The second kappa shape index (κ2) is 7.56. The molecule has 0 spiro atoms. The number of amides is 2. The number of fused-ring (bicyclic) bond motifs is 1. The first-order valence-corrected chi connectivity index (χ1v) is 9.00. The molecular weight excluding hydrogens is 354 g/mol. The van der Waals surface area contributed by atoms with Crippen LogP contribution in [0.5, 0.6) is 0 Å². The Balaban J connectivity index is 1.54. The van der Waals surface area contributed by atoms with Crippen LogP contribution in [0.25, 0.3) is 11.4 Å². The van der Waals surface area contributed by atoms with Gasteiger partial charge in [0.15, 0.2) is 5.82 Å². The van der Waals surface area contributed by atoms with Crippen molar-refractivity contribution in [2.75, 3.05) is 0 Å². The average Bonchev–Trinajstić information content (AvgIpc) is 3.05. The topological polar surface area (TPSA) is 96.9 Å². The standard InChI is InChI=1S/C21H19N5O2/c1-13(27)25-18-9-14-5-2-3-7-17(14)19(18)26-21(28)16-11-23-20(24-12-16)15-6-4-8-22-10-15/h2-8,10-12,18-19H,9H2,1H3,(H,25,27)(H,26,28)/t18-,19-/m1/s1. The lowest BCUT2D eigenvalue weighted by Crippen LogP contribution is -2.43. The van der Waals surface area contributed by atoms with Crippen molar-refractivity contribution >= 4 is 11.8 Å². The smallest absolute Gasteiger partial charge is 0.254 e. The highest BCUT2D eigenvalue weighted by molar-refractivity contribution is 5.94. The normalized spacial score (nSPS) is 17.6. The van der Waals surface area contributed by atoms with E-state index in [0.29, 0.717) is 17.8 Å². The van der Waals surface area contributed by atoms with Crippen LogP contribution in [-0.4, -0.2) is 32.8 Å². The molecule has 0 aliphatic heterocycles. The zero-order valence-corrected chi connectivity index (χ0v) is 15.3. The van der Waals surface area contributed by atoms with Crippen LogP contribution in [0.15, 0.2) is 61.2 Å². The molecule has 2 atom stereocenters. The Morgan fingerprint density at radius 1 is 1.00 bits per heavy atom. The lowest BCUT2D eigenvalue weighted by molar-refractivity contribution is -0.119. The van der Waals surface area contributed by atoms with E-state index < -0.39 is 0 Å². The molecule has 2 N–H and O–H groups in total. The quantitative estimate of drug-likeness (QED) is 0.730. The highest BCUT2D eigenvalue weighted by Crippen LogP contribution is 2.31. The van der Waals surface area contributed by atoms with Gasteiger partial charge in [-0.1, -0.05) is 24.3 Å². The van der Waals surface area contributed by atoms with Gasteiger partial charge in [0.25, 0.3) is 5.91 Å². The maximum Gasteiger partial charge on any atom is 0.254 e. The van der Waals surface area contributed by atoms with Gasteiger partial charge in [0, 0.05) is 37.3 Å². The predicted molar refractivity (Wildman–Crippen MR) is 103 cm³/mol. The number of nitrogens with zero attached hydrogens (tertiary/aromatic N) is 3. The van der Waals surface area contributed by atoms with E-state index >= 15 is 0 Å². The summed E-state index contributed by atoms with van der Waals surface area (Å²) in [6, 6.07) is 11.1. The minimum absolute atomic E-state index is 0.124. The van der Waals surface area contributed by atoms with Crippen molar-refractivity contribution in [1.82, 2.24) is 25.6 Å². The molecule has 4 rings (SSSR count). The summed E-state index contributed by atoms with van der Waals surface area (Å²) in [5.41, 5.74) is 3.28. The number of rotatable bonds is 4. The van der Waals surface area contributed by atoms with Gasteiger partial charge in [0.05, 0.1) is 17.6 Å². The van der Waals surface area contributed by atoms with Gasteiger partial charge in [0.2, 0.25) is 5.91 Å². The molecule has 28 heavy (non-hydrogen) atoms. The van der Waals surface area contributed by atoms with Crippen LogP contribution >= 0.6 is 0 Å². The fraction of sp³-hybridized carbons (Fsp3) is 0.190. The van der Waals surface area contributed by atoms with E-state index in [1.54, 1.807) is 18.5 Å². The molecule has 7 heteroatoms. The SMILES string of the molecule is CC(=O)N[C@@H]1Cc2ccccc2[C@H]1NC(=O)c1cnc(-c2cccnc2)nc1. The van der Waals surface area contributed by atoms with Crippen molar-refractivity contribution in [2.24, 2.45) is 0 Å². The van der Waals surface area contributed by atoms with Crippen LogP contribution in [0.2, 0.25) is 0 Å². The number of aromatic nitrogens is 3. The van der Waals surface area contributed by atoms with Crippen LogP contribution in [-0.2, 0) is 11.2 Å². The highest BCUT2D eigenvalue weighted by Gasteiger charge is 2.34. The van der Waals surface area contributed by atoms with Crippen molar-refractivity contribution < 1.29 is 9.59 Å². The molecule has 140 valence electrons. The number of carbonyl (C=O) groups excluding carboxylic acids is 2. The number of benzene rings is 1. The third kappa shape index (κ3) is 3.59. The summed E-state index contributed by atoms with van der Waals surface area (Å²) in [7, 11) is 0. The first-order valence-electron chi connectivity index (χ1n) is 9.00. The molecule has 0 radical (unpaired) electrons. The monoisotopic (exact) mass is 373 g/mol. The van der Waals surface area contributed by atoms with Crippen molar-refractivity contribution in [3.63, 3.8) is 0 Å². The lowest BCUT2D eigenvalue weighted by Gasteiger charge is -2.22. The molecule has 0 bridgehead atoms. The highest BCUT2D eigenvalue weighted by atomic mass is 16.2. The van der Waals surface area contributed by atoms with Gasteiger partial charge < -0.3 is 10.6 Å². The third-order valence-corrected chi connectivity index (χ3v) is 4.74. The molecule has 2 aromatic heterocycles. The van der Waals surface area contributed by atoms with E-state index in [9.17, 15) is 9.59 Å². The second-order valence-electron chi connectivity index (χ2n) is 6.70. The number of hydrogen-bond donors (Lipinski definition) is 2. The Hall–Kier alpha value is -3.61. The van der Waals surface area contributed by atoms with Crippen LogP contribution in [0.3, 0.4) is 0 Å². The molecule has 1 aliphatic carbocycles. The van der Waals surface area contributed by atoms with Gasteiger partial charge in [-0.15, -0.1) is 0 Å². The zero-order chi connectivity index (χ0) is 19.5. The molecule has 2 heterocycles. The van der Waals surface area contributed by atoms with Gasteiger partial charge >= 0.3 is 0 Å². The Morgan fingerprint density at radius 3 is 2.50 bits per heavy atom. The Kier molecular flexibility index (Phi) is 4.80. The summed E-state index contributed by atoms with van der Waals surface area (Å²) < 4.78 is 0. The van der Waals surface area contributed by atoms with E-state index in [0.717, 1.165) is 16.7 Å². The Labute approximate surface area is 162 Å². The van der Waals surface area contributed by atoms with Crippen molar-refractivity contribution in [3.05, 3.63) is 77.9 Å². The van der Waals surface area contributed by atoms with Crippen LogP contribution in [0, 0.1) is 0 Å². The summed E-state index contributed by atoms with van der Waals surface area (Å²) in [5.74, 6) is 0.1000. The molecular formula is C21H19N5O2. The first kappa shape index (κ1) is 17.8. The van der Waals surface area contributed by atoms with Gasteiger partial charge in [-0.05, 0) is 29.7 Å². The summed E-state index contributed by atoms with van der Waals surface area (Å²) in [6.45, 7) is 1.48. The number of pyridine rings is 1. The van der Waals surface area contributed by atoms with Crippen molar-refractivity contribution in [2.45, 2.75) is 25.4 Å². The molecule has 0 saturated heterocycles. The largest absolute Gasteiger partial charge is 0.351 e. The average molecular weight is 373 g/mol. The first-order chi connectivity index (χ1) is 13.6. The van der Waals surface area contributed by atoms with Gasteiger partial charge in [-0.2, -0.15) is 0 Å². The lowest BCUT2D eigenvalue weighted by atomic mass is 10.1. The summed E-state index contributed by atoms with van der Waals surface area (Å²) in [4.78, 5) is 36.9. The van der Waals surface area contributed by atoms with E-state index in [4.69, 9.17) is 0 Å². The minimum atomic E-state index is -0.300. The van der Waals surface area contributed by atoms with Gasteiger partial charge in [0.1, 0.15) is 0 Å². The van der Waals surface area contributed by atoms with Gasteiger partial charge in [-0.25, -0.2) is 9.97 Å². The number of nitrogens with one attached hydrogen (secondary N) is 2. The summed E-state index contributed by atoms with van der Waals surface area (Å²) in [6.07, 6.45) is 7.02. The molecule has 1 aromatic carbocycles. The van der Waals surface area contributed by atoms with Crippen molar-refractivity contribution in [1.29, 1.82) is 0 Å². The number of hydrogen-bond acceptors (Lipinski definition) is 5. The Bertz CT molecular complexity index is 1000. The molecule has 0 saturated carbocycles. The summed E-state index contributed by atoms with van der Waals surface area (Å²) in [5, 5.41) is 5.95. The van der Waals surface area contributed by atoms with Crippen LogP contribution < -0.4 is 10.6 Å².